The smallest absolute Gasteiger partial charge is 0.255 e. The summed E-state index contributed by atoms with van der Waals surface area (Å²) < 4.78 is 5.80. The van der Waals surface area contributed by atoms with Gasteiger partial charge in [-0.25, -0.2) is 9.97 Å². The van der Waals surface area contributed by atoms with Gasteiger partial charge in [-0.2, -0.15) is 0 Å². The first-order valence-corrected chi connectivity index (χ1v) is 23.1. The summed E-state index contributed by atoms with van der Waals surface area (Å²) in [6.07, 6.45) is 11.2. The monoisotopic (exact) mass is 875 g/mol. The van der Waals surface area contributed by atoms with Crippen LogP contribution in [0.25, 0.3) is 0 Å². The lowest BCUT2D eigenvalue weighted by Crippen LogP contribution is -2.55. The first-order valence-electron chi connectivity index (χ1n) is 23.1. The number of benzene rings is 2. The quantitative estimate of drug-likeness (QED) is 0.0972. The molecule has 1 aliphatic carbocycles. The van der Waals surface area contributed by atoms with Crippen molar-refractivity contribution in [3.8, 4) is 5.75 Å². The highest BCUT2D eigenvalue weighted by Gasteiger charge is 2.42. The van der Waals surface area contributed by atoms with Crippen molar-refractivity contribution in [3.05, 3.63) is 70.7 Å². The number of imide groups is 1. The minimum Gasteiger partial charge on any atom is -0.496 e. The van der Waals surface area contributed by atoms with E-state index in [0.717, 1.165) is 81.8 Å². The lowest BCUT2D eigenvalue weighted by Gasteiger charge is -2.43. The van der Waals surface area contributed by atoms with Crippen LogP contribution >= 0.6 is 0 Å². The molecule has 4 aliphatic heterocycles. The Morgan fingerprint density at radius 1 is 0.984 bits per heavy atom. The molecule has 1 aromatic heterocycles. The summed E-state index contributed by atoms with van der Waals surface area (Å²) >= 11 is 0. The largest absolute Gasteiger partial charge is 0.496 e. The molecule has 5 heterocycles. The number of piperidine rings is 2. The lowest BCUT2D eigenvalue weighted by atomic mass is 9.89. The van der Waals surface area contributed by atoms with E-state index >= 15 is 0 Å². The van der Waals surface area contributed by atoms with Gasteiger partial charge in [0.25, 0.3) is 5.91 Å². The summed E-state index contributed by atoms with van der Waals surface area (Å²) in [7, 11) is 3.43. The number of Topliss-reactive ketones (excluding diaryl/α,β-unsaturated/α-hetero) is 1. The summed E-state index contributed by atoms with van der Waals surface area (Å²) in [5, 5.41) is 8.73. The average Bonchev–Trinajstić information content (AvgIpc) is 3.95. The van der Waals surface area contributed by atoms with Gasteiger partial charge >= 0.3 is 0 Å². The van der Waals surface area contributed by atoms with Gasteiger partial charge in [0.15, 0.2) is 11.6 Å². The van der Waals surface area contributed by atoms with E-state index in [1.54, 1.807) is 36.4 Å². The van der Waals surface area contributed by atoms with Crippen molar-refractivity contribution in [2.24, 2.45) is 5.92 Å². The van der Waals surface area contributed by atoms with Gasteiger partial charge in [-0.15, -0.1) is 0 Å². The Bertz CT molecular complexity index is 2270. The lowest BCUT2D eigenvalue weighted by molar-refractivity contribution is -0.137. The van der Waals surface area contributed by atoms with Crippen LogP contribution in [0.5, 0.6) is 5.75 Å². The van der Waals surface area contributed by atoms with Crippen molar-refractivity contribution >= 4 is 52.5 Å². The number of methoxy groups -OCH3 is 1. The molecule has 64 heavy (non-hydrogen) atoms. The molecule has 1 saturated carbocycles. The number of hydrogen-bond donors (Lipinski definition) is 3. The molecule has 8 rings (SSSR count). The van der Waals surface area contributed by atoms with Crippen LogP contribution in [0.3, 0.4) is 0 Å². The van der Waals surface area contributed by atoms with Crippen LogP contribution in [-0.2, 0) is 32.1 Å². The van der Waals surface area contributed by atoms with E-state index in [1.165, 1.54) is 4.90 Å². The molecule has 0 radical (unpaired) electrons. The van der Waals surface area contributed by atoms with Crippen LogP contribution in [0.2, 0.25) is 0 Å². The minimum absolute atomic E-state index is 0.0899. The van der Waals surface area contributed by atoms with Crippen molar-refractivity contribution in [3.63, 3.8) is 0 Å². The molecule has 5 aliphatic rings. The first kappa shape index (κ1) is 44.9. The molecule has 3 N–H and O–H groups in total. The molecule has 3 fully saturated rings. The zero-order valence-electron chi connectivity index (χ0n) is 37.3. The molecule has 3 aromatic rings. The van der Waals surface area contributed by atoms with Crippen molar-refractivity contribution in [1.82, 2.24) is 30.4 Å². The summed E-state index contributed by atoms with van der Waals surface area (Å²) in [5.74, 6) is 1.42. The highest BCUT2D eigenvalue weighted by Crippen LogP contribution is 2.40. The van der Waals surface area contributed by atoms with Gasteiger partial charge in [0, 0.05) is 86.3 Å². The SMILES string of the molecule is CC[C@@H]1C(=O)N(C)c2cnc(Cc3ccc(C(=O)CC4CCN(CCNCCCC(=O)Nc5cccc6c5CN(C5CCC(=O)NC5=O)C6=O)CC4)cc3OC)nc2N1C1CCCC1. The number of carbonyl (C=O) groups is 6. The number of carbonyl (C=O) groups excluding carboxylic acids is 6. The molecule has 2 aromatic carbocycles. The number of fused-ring (bicyclic) bond motifs is 2. The zero-order valence-corrected chi connectivity index (χ0v) is 37.3. The number of nitrogens with zero attached hydrogens (tertiary/aromatic N) is 6. The molecule has 2 atom stereocenters. The molecule has 16 nitrogen and oxygen atoms in total. The zero-order chi connectivity index (χ0) is 44.9. The van der Waals surface area contributed by atoms with Crippen LogP contribution in [0.1, 0.15) is 122 Å². The van der Waals surface area contributed by atoms with E-state index in [4.69, 9.17) is 9.72 Å². The van der Waals surface area contributed by atoms with Crippen molar-refractivity contribution in [2.45, 2.75) is 115 Å². The van der Waals surface area contributed by atoms with Crippen LogP contribution in [0.15, 0.2) is 42.6 Å². The topological polar surface area (TPSA) is 186 Å². The van der Waals surface area contributed by atoms with Crippen LogP contribution in [0.4, 0.5) is 17.2 Å². The van der Waals surface area contributed by atoms with E-state index < -0.39 is 11.9 Å². The second kappa shape index (κ2) is 20.0. The van der Waals surface area contributed by atoms with E-state index in [-0.39, 0.29) is 54.8 Å². The Hall–Kier alpha value is -5.74. The molecular weight excluding hydrogens is 815 g/mol. The van der Waals surface area contributed by atoms with E-state index in [1.807, 2.05) is 25.2 Å². The molecule has 1 unspecified atom stereocenters. The van der Waals surface area contributed by atoms with Gasteiger partial charge in [-0.3, -0.25) is 34.1 Å². The summed E-state index contributed by atoms with van der Waals surface area (Å²) in [6, 6.07) is 10.2. The number of ether oxygens (including phenoxy) is 1. The molecule has 0 bridgehead atoms. The third-order valence-electron chi connectivity index (χ3n) is 13.8. The Balaban J connectivity index is 0.750. The minimum atomic E-state index is -0.709. The Morgan fingerprint density at radius 2 is 1.78 bits per heavy atom. The number of likely N-dealkylation sites (tertiary alicyclic amines) is 1. The van der Waals surface area contributed by atoms with Crippen LogP contribution in [0, 0.1) is 5.92 Å². The van der Waals surface area contributed by atoms with Crippen LogP contribution in [-0.4, -0.2) is 120 Å². The predicted octanol–water partition coefficient (Wildman–Crippen LogP) is 4.63. The van der Waals surface area contributed by atoms with E-state index in [0.29, 0.717) is 84.6 Å². The standard InChI is InChI=1S/C48H61N9O7/c1-4-37-48(63)54(2)39-28-50-42(52-45(39)57(37)33-9-5-6-10-33)27-32-15-14-31(26-41(32)64-3)40(58)25-30-18-22-55(23-19-30)24-21-49-20-8-13-43(59)51-36-12-7-11-34-35(36)29-56(47(34)62)38-16-17-44(60)53-46(38)61/h7,11-12,14-15,26,28,30,33,37-38,49H,4-6,8-10,13,16-25,27,29H2,1-3H3,(H,51,59)(H,53,60,61)/t37-,38?/m1/s1. The Kier molecular flexibility index (Phi) is 14.0. The number of rotatable bonds is 17. The highest BCUT2D eigenvalue weighted by molar-refractivity contribution is 6.07. The van der Waals surface area contributed by atoms with Gasteiger partial charge in [0.05, 0.1) is 13.3 Å². The number of nitrogens with one attached hydrogen (secondary N) is 3. The summed E-state index contributed by atoms with van der Waals surface area (Å²) in [5.41, 5.74) is 4.01. The maximum atomic E-state index is 13.5. The van der Waals surface area contributed by atoms with Gasteiger partial charge < -0.3 is 35.0 Å². The average molecular weight is 876 g/mol. The highest BCUT2D eigenvalue weighted by atomic mass is 16.5. The van der Waals surface area contributed by atoms with Gasteiger partial charge in [-0.1, -0.05) is 38.0 Å². The summed E-state index contributed by atoms with van der Waals surface area (Å²) in [6.45, 7) is 6.49. The van der Waals surface area contributed by atoms with E-state index in [2.05, 4.69) is 37.7 Å². The summed E-state index contributed by atoms with van der Waals surface area (Å²) in [4.78, 5) is 94.5. The second-order valence-corrected chi connectivity index (χ2v) is 17.9. The number of amides is 5. The normalized spacial score (nSPS) is 20.7. The van der Waals surface area contributed by atoms with Crippen molar-refractivity contribution in [2.75, 3.05) is 62.0 Å². The molecule has 16 heteroatoms. The van der Waals surface area contributed by atoms with Crippen LogP contribution < -0.4 is 30.5 Å². The molecule has 0 spiro atoms. The first-order chi connectivity index (χ1) is 31.0. The number of ketones is 1. The number of hydrogen-bond acceptors (Lipinski definition) is 12. The number of likely N-dealkylation sites (N-methyl/N-ethyl adjacent to an activating group) is 1. The van der Waals surface area contributed by atoms with E-state index in [9.17, 15) is 28.8 Å². The fraction of sp³-hybridized carbons (Fsp3) is 0.542. The van der Waals surface area contributed by atoms with Crippen molar-refractivity contribution in [1.29, 1.82) is 0 Å². The maximum absolute atomic E-state index is 13.5. The van der Waals surface area contributed by atoms with Gasteiger partial charge in [0.1, 0.15) is 29.3 Å². The predicted molar refractivity (Wildman–Crippen MR) is 241 cm³/mol. The van der Waals surface area contributed by atoms with Gasteiger partial charge in [-0.05, 0) is 88.7 Å². The number of aromatic nitrogens is 2. The molecule has 340 valence electrons. The molecule has 5 amide bonds. The fourth-order valence-corrected chi connectivity index (χ4v) is 10.2. The molecule has 2 saturated heterocycles. The number of anilines is 3. The third-order valence-corrected chi connectivity index (χ3v) is 13.8. The molecular formula is C48H61N9O7. The van der Waals surface area contributed by atoms with Crippen molar-refractivity contribution < 1.29 is 33.5 Å². The van der Waals surface area contributed by atoms with Gasteiger partial charge in [0.2, 0.25) is 23.6 Å². The Labute approximate surface area is 374 Å². The maximum Gasteiger partial charge on any atom is 0.255 e. The fourth-order valence-electron chi connectivity index (χ4n) is 10.2. The Morgan fingerprint density at radius 3 is 2.53 bits per heavy atom. The third kappa shape index (κ3) is 9.67. The second-order valence-electron chi connectivity index (χ2n) is 17.9.